The lowest BCUT2D eigenvalue weighted by Gasteiger charge is -2.18. The first-order chi connectivity index (χ1) is 7.31. The average molecular weight is 211 g/mol. The van der Waals surface area contributed by atoms with Gasteiger partial charge in [0.2, 0.25) is 5.89 Å². The van der Waals surface area contributed by atoms with E-state index in [2.05, 4.69) is 10.1 Å². The first-order valence-corrected chi connectivity index (χ1v) is 5.48. The van der Waals surface area contributed by atoms with Crippen LogP contribution in [0.4, 0.5) is 0 Å². The van der Waals surface area contributed by atoms with Crippen LogP contribution in [0.25, 0.3) is 0 Å². The molecule has 1 aromatic rings. The maximum Gasteiger partial charge on any atom is 0.243 e. The molecule has 0 spiro atoms. The number of ether oxygens (including phenoxy) is 1. The summed E-state index contributed by atoms with van der Waals surface area (Å²) in [5.74, 6) is 1.72. The number of rotatable bonds is 3. The minimum absolute atomic E-state index is 0.133. The third-order valence-corrected chi connectivity index (χ3v) is 2.80. The third-order valence-electron chi connectivity index (χ3n) is 2.80. The van der Waals surface area contributed by atoms with Crippen molar-refractivity contribution < 1.29 is 9.26 Å². The fourth-order valence-electron chi connectivity index (χ4n) is 1.69. The van der Waals surface area contributed by atoms with E-state index in [1.54, 1.807) is 0 Å². The first kappa shape index (κ1) is 10.6. The zero-order valence-corrected chi connectivity index (χ0v) is 8.98. The van der Waals surface area contributed by atoms with Crippen molar-refractivity contribution in [2.24, 2.45) is 5.73 Å². The molecule has 84 valence electrons. The summed E-state index contributed by atoms with van der Waals surface area (Å²) in [7, 11) is 0. The van der Waals surface area contributed by atoms with E-state index >= 15 is 0 Å². The van der Waals surface area contributed by atoms with Gasteiger partial charge < -0.3 is 15.0 Å². The standard InChI is InChI=1S/C10H17N3O2/c1-2-8(11)10-12-9(13-15-10)7-3-5-14-6-4-7/h7-8H,2-6,11H2,1H3. The van der Waals surface area contributed by atoms with E-state index in [0.29, 0.717) is 11.8 Å². The molecule has 0 amide bonds. The van der Waals surface area contributed by atoms with E-state index < -0.39 is 0 Å². The Balaban J connectivity index is 2.05. The predicted octanol–water partition coefficient (Wildman–Crippen LogP) is 1.37. The lowest BCUT2D eigenvalue weighted by Crippen LogP contribution is -2.15. The number of aromatic nitrogens is 2. The smallest absolute Gasteiger partial charge is 0.243 e. The van der Waals surface area contributed by atoms with Crippen molar-refractivity contribution in [2.45, 2.75) is 38.1 Å². The van der Waals surface area contributed by atoms with Gasteiger partial charge in [0.25, 0.3) is 0 Å². The maximum absolute atomic E-state index is 5.82. The summed E-state index contributed by atoms with van der Waals surface area (Å²) < 4.78 is 10.4. The van der Waals surface area contributed by atoms with Gasteiger partial charge in [-0.1, -0.05) is 12.1 Å². The van der Waals surface area contributed by atoms with Crippen molar-refractivity contribution in [3.8, 4) is 0 Å². The molecule has 1 saturated heterocycles. The van der Waals surface area contributed by atoms with E-state index in [4.69, 9.17) is 15.0 Å². The SMILES string of the molecule is CCC(N)c1nc(C2CCOCC2)no1. The van der Waals surface area contributed by atoms with Gasteiger partial charge in [0, 0.05) is 19.1 Å². The Hall–Kier alpha value is -0.940. The Morgan fingerprint density at radius 3 is 2.87 bits per heavy atom. The Labute approximate surface area is 89.0 Å². The second-order valence-electron chi connectivity index (χ2n) is 3.89. The molecule has 5 heteroatoms. The van der Waals surface area contributed by atoms with Crippen LogP contribution in [0.15, 0.2) is 4.52 Å². The van der Waals surface area contributed by atoms with Gasteiger partial charge in [0.1, 0.15) is 0 Å². The quantitative estimate of drug-likeness (QED) is 0.817. The summed E-state index contributed by atoms with van der Waals surface area (Å²) in [6, 6.07) is -0.133. The van der Waals surface area contributed by atoms with Gasteiger partial charge in [-0.05, 0) is 19.3 Å². The zero-order chi connectivity index (χ0) is 10.7. The summed E-state index contributed by atoms with van der Waals surface area (Å²) in [5.41, 5.74) is 5.82. The topological polar surface area (TPSA) is 74.2 Å². The van der Waals surface area contributed by atoms with Crippen LogP contribution >= 0.6 is 0 Å². The Morgan fingerprint density at radius 1 is 1.47 bits per heavy atom. The molecule has 1 atom stereocenters. The Bertz CT molecular complexity index is 307. The van der Waals surface area contributed by atoms with Crippen LogP contribution in [0, 0.1) is 0 Å². The number of hydrogen-bond acceptors (Lipinski definition) is 5. The molecule has 2 rings (SSSR count). The van der Waals surface area contributed by atoms with Crippen LogP contribution in [0.2, 0.25) is 0 Å². The highest BCUT2D eigenvalue weighted by atomic mass is 16.5. The van der Waals surface area contributed by atoms with Crippen molar-refractivity contribution in [1.29, 1.82) is 0 Å². The molecule has 1 aromatic heterocycles. The molecule has 15 heavy (non-hydrogen) atoms. The molecule has 0 bridgehead atoms. The summed E-state index contributed by atoms with van der Waals surface area (Å²) in [4.78, 5) is 4.35. The first-order valence-electron chi connectivity index (χ1n) is 5.48. The molecule has 0 radical (unpaired) electrons. The lowest BCUT2D eigenvalue weighted by atomic mass is 10.00. The van der Waals surface area contributed by atoms with Crippen molar-refractivity contribution >= 4 is 0 Å². The molecule has 0 saturated carbocycles. The van der Waals surface area contributed by atoms with Crippen LogP contribution in [0.5, 0.6) is 0 Å². The largest absolute Gasteiger partial charge is 0.381 e. The molecule has 2 heterocycles. The number of nitrogens with zero attached hydrogens (tertiary/aromatic N) is 2. The second kappa shape index (κ2) is 4.72. The number of nitrogens with two attached hydrogens (primary N) is 1. The highest BCUT2D eigenvalue weighted by Gasteiger charge is 2.22. The van der Waals surface area contributed by atoms with Crippen molar-refractivity contribution in [3.63, 3.8) is 0 Å². The molecule has 1 unspecified atom stereocenters. The van der Waals surface area contributed by atoms with Crippen LogP contribution < -0.4 is 5.73 Å². The maximum atomic E-state index is 5.82. The van der Waals surface area contributed by atoms with E-state index in [9.17, 15) is 0 Å². The van der Waals surface area contributed by atoms with Gasteiger partial charge >= 0.3 is 0 Å². The van der Waals surface area contributed by atoms with Gasteiger partial charge in [-0.15, -0.1) is 0 Å². The van der Waals surface area contributed by atoms with Crippen molar-refractivity contribution in [3.05, 3.63) is 11.7 Å². The van der Waals surface area contributed by atoms with Crippen LogP contribution in [0.3, 0.4) is 0 Å². The van der Waals surface area contributed by atoms with Crippen LogP contribution in [0.1, 0.15) is 49.9 Å². The molecule has 1 aliphatic heterocycles. The van der Waals surface area contributed by atoms with E-state index in [1.165, 1.54) is 0 Å². The minimum atomic E-state index is -0.133. The zero-order valence-electron chi connectivity index (χ0n) is 8.98. The molecular formula is C10H17N3O2. The summed E-state index contributed by atoms with van der Waals surface area (Å²) >= 11 is 0. The monoisotopic (exact) mass is 211 g/mol. The highest BCUT2D eigenvalue weighted by molar-refractivity contribution is 4.98. The molecule has 0 aliphatic carbocycles. The summed E-state index contributed by atoms with van der Waals surface area (Å²) in [6.45, 7) is 3.58. The normalized spacial score (nSPS) is 20.4. The molecule has 1 fully saturated rings. The lowest BCUT2D eigenvalue weighted by molar-refractivity contribution is 0.0830. The molecule has 2 N–H and O–H groups in total. The van der Waals surface area contributed by atoms with Crippen molar-refractivity contribution in [2.75, 3.05) is 13.2 Å². The predicted molar refractivity (Wildman–Crippen MR) is 54.3 cm³/mol. The molecule has 0 aromatic carbocycles. The number of hydrogen-bond donors (Lipinski definition) is 1. The fraction of sp³-hybridized carbons (Fsp3) is 0.800. The van der Waals surface area contributed by atoms with Gasteiger partial charge in [-0.2, -0.15) is 4.98 Å². The van der Waals surface area contributed by atoms with Gasteiger partial charge in [0.05, 0.1) is 6.04 Å². The third kappa shape index (κ3) is 2.35. The van der Waals surface area contributed by atoms with Crippen LogP contribution in [-0.2, 0) is 4.74 Å². The van der Waals surface area contributed by atoms with Gasteiger partial charge in [-0.3, -0.25) is 0 Å². The Morgan fingerprint density at radius 2 is 2.20 bits per heavy atom. The highest BCUT2D eigenvalue weighted by Crippen LogP contribution is 2.25. The molecular weight excluding hydrogens is 194 g/mol. The fourth-order valence-corrected chi connectivity index (χ4v) is 1.69. The van der Waals surface area contributed by atoms with E-state index in [-0.39, 0.29) is 6.04 Å². The minimum Gasteiger partial charge on any atom is -0.381 e. The average Bonchev–Trinajstić information content (AvgIpc) is 2.78. The van der Waals surface area contributed by atoms with Crippen LogP contribution in [-0.4, -0.2) is 23.4 Å². The van der Waals surface area contributed by atoms with Gasteiger partial charge in [0.15, 0.2) is 5.82 Å². The van der Waals surface area contributed by atoms with Crippen molar-refractivity contribution in [1.82, 2.24) is 10.1 Å². The summed E-state index contributed by atoms with van der Waals surface area (Å²) in [5, 5.41) is 3.99. The summed E-state index contributed by atoms with van der Waals surface area (Å²) in [6.07, 6.45) is 2.76. The van der Waals surface area contributed by atoms with Gasteiger partial charge in [-0.25, -0.2) is 0 Å². The molecule has 5 nitrogen and oxygen atoms in total. The Kier molecular flexibility index (Phi) is 3.33. The van der Waals surface area contributed by atoms with E-state index in [1.807, 2.05) is 6.92 Å². The van der Waals surface area contributed by atoms with E-state index in [0.717, 1.165) is 38.3 Å². The molecule has 1 aliphatic rings. The second-order valence-corrected chi connectivity index (χ2v) is 3.89.